The van der Waals surface area contributed by atoms with Crippen LogP contribution >= 0.6 is 23.4 Å². The first-order valence-electron chi connectivity index (χ1n) is 9.91. The first-order chi connectivity index (χ1) is 14.7. The Labute approximate surface area is 191 Å². The van der Waals surface area contributed by atoms with Crippen LogP contribution in [0.2, 0.25) is 5.02 Å². The summed E-state index contributed by atoms with van der Waals surface area (Å²) >= 11 is 7.11. The molecular formula is C23H25ClN4O2S. The number of carbonyl (C=O) groups excluding carboxylic acids is 2. The Kier molecular flexibility index (Phi) is 7.26. The number of halogens is 1. The van der Waals surface area contributed by atoms with Crippen LogP contribution in [0.4, 0.5) is 5.69 Å². The van der Waals surface area contributed by atoms with Crippen LogP contribution in [0, 0.1) is 17.2 Å². The number of hydrogen-bond donors (Lipinski definition) is 3. The van der Waals surface area contributed by atoms with Gasteiger partial charge in [0.2, 0.25) is 11.8 Å². The number of hydrogen-bond acceptors (Lipinski definition) is 5. The maximum absolute atomic E-state index is 12.5. The molecule has 2 aromatic carbocycles. The lowest BCUT2D eigenvalue weighted by atomic mass is 9.85. The SMILES string of the molecule is CC(C)(C)c1ccc(C2NC(SCC(=O)Nc3ccc(Cl)cc3)NC(=O)C2C#N)cc1. The van der Waals surface area contributed by atoms with Crippen LogP contribution in [0.25, 0.3) is 0 Å². The van der Waals surface area contributed by atoms with E-state index in [0.29, 0.717) is 10.7 Å². The van der Waals surface area contributed by atoms with Gasteiger partial charge < -0.3 is 10.6 Å². The minimum absolute atomic E-state index is 0.0142. The Balaban J connectivity index is 1.65. The molecule has 3 N–H and O–H groups in total. The Bertz CT molecular complexity index is 981. The van der Waals surface area contributed by atoms with Crippen molar-refractivity contribution in [2.75, 3.05) is 11.1 Å². The largest absolute Gasteiger partial charge is 0.331 e. The second-order valence-electron chi connectivity index (χ2n) is 8.38. The molecule has 1 aliphatic heterocycles. The number of nitrogens with zero attached hydrogens (tertiary/aromatic N) is 1. The summed E-state index contributed by atoms with van der Waals surface area (Å²) in [6.07, 6.45) is 0. The highest BCUT2D eigenvalue weighted by Crippen LogP contribution is 2.30. The van der Waals surface area contributed by atoms with Gasteiger partial charge in [0.1, 0.15) is 11.4 Å². The second-order valence-corrected chi connectivity index (χ2v) is 9.91. The van der Waals surface area contributed by atoms with E-state index >= 15 is 0 Å². The van der Waals surface area contributed by atoms with Gasteiger partial charge in [0.05, 0.1) is 17.9 Å². The zero-order valence-electron chi connectivity index (χ0n) is 17.6. The summed E-state index contributed by atoms with van der Waals surface area (Å²) in [7, 11) is 0. The van der Waals surface area contributed by atoms with Crippen molar-refractivity contribution in [3.05, 3.63) is 64.7 Å². The van der Waals surface area contributed by atoms with E-state index in [0.717, 1.165) is 5.56 Å². The molecule has 2 amide bonds. The smallest absolute Gasteiger partial charge is 0.241 e. The Morgan fingerprint density at radius 1 is 1.16 bits per heavy atom. The minimum Gasteiger partial charge on any atom is -0.331 e. The van der Waals surface area contributed by atoms with Crippen molar-refractivity contribution in [2.45, 2.75) is 37.7 Å². The Morgan fingerprint density at radius 3 is 2.39 bits per heavy atom. The predicted molar refractivity (Wildman–Crippen MR) is 125 cm³/mol. The van der Waals surface area contributed by atoms with Crippen molar-refractivity contribution in [1.82, 2.24) is 10.6 Å². The number of rotatable bonds is 5. The fourth-order valence-electron chi connectivity index (χ4n) is 3.26. The first-order valence-corrected chi connectivity index (χ1v) is 11.3. The molecular weight excluding hydrogens is 432 g/mol. The first kappa shape index (κ1) is 23.1. The number of thioether (sulfide) groups is 1. The van der Waals surface area contributed by atoms with Gasteiger partial charge in [-0.3, -0.25) is 14.9 Å². The van der Waals surface area contributed by atoms with E-state index in [-0.39, 0.29) is 23.0 Å². The van der Waals surface area contributed by atoms with Crippen molar-refractivity contribution in [2.24, 2.45) is 5.92 Å². The average Bonchev–Trinajstić information content (AvgIpc) is 2.73. The topological polar surface area (TPSA) is 94.0 Å². The van der Waals surface area contributed by atoms with Crippen molar-refractivity contribution in [3.63, 3.8) is 0 Å². The molecule has 0 radical (unpaired) electrons. The van der Waals surface area contributed by atoms with Crippen LogP contribution in [0.15, 0.2) is 48.5 Å². The fourth-order valence-corrected chi connectivity index (χ4v) is 4.22. The van der Waals surface area contributed by atoms with E-state index in [1.54, 1.807) is 24.3 Å². The average molecular weight is 457 g/mol. The number of nitriles is 1. The van der Waals surface area contributed by atoms with E-state index in [2.05, 4.69) is 42.8 Å². The third kappa shape index (κ3) is 6.01. The molecule has 1 aliphatic rings. The van der Waals surface area contributed by atoms with Crippen LogP contribution in [0.1, 0.15) is 37.9 Å². The number of benzene rings is 2. The van der Waals surface area contributed by atoms with Crippen molar-refractivity contribution in [1.29, 1.82) is 5.26 Å². The zero-order valence-corrected chi connectivity index (χ0v) is 19.2. The Hall–Kier alpha value is -2.53. The van der Waals surface area contributed by atoms with Gasteiger partial charge >= 0.3 is 0 Å². The summed E-state index contributed by atoms with van der Waals surface area (Å²) < 4.78 is 0. The lowest BCUT2D eigenvalue weighted by Gasteiger charge is -2.34. The molecule has 3 unspecified atom stereocenters. The normalized spacial score (nSPS) is 21.1. The standard InChI is InChI=1S/C23H25ClN4O2S/c1-23(2,3)15-6-4-14(5-7-15)20-18(12-25)21(30)28-22(27-20)31-13-19(29)26-17-10-8-16(24)9-11-17/h4-11,18,20,22,27H,13H2,1-3H3,(H,26,29)(H,28,30). The van der Waals surface area contributed by atoms with Crippen molar-refractivity contribution < 1.29 is 9.59 Å². The molecule has 3 rings (SSSR count). The maximum Gasteiger partial charge on any atom is 0.241 e. The molecule has 1 fully saturated rings. The number of amides is 2. The van der Waals surface area contributed by atoms with Gasteiger partial charge in [-0.15, -0.1) is 11.8 Å². The van der Waals surface area contributed by atoms with Gasteiger partial charge in [-0.25, -0.2) is 0 Å². The number of anilines is 1. The van der Waals surface area contributed by atoms with E-state index < -0.39 is 17.5 Å². The predicted octanol–water partition coefficient (Wildman–Crippen LogP) is 4.19. The van der Waals surface area contributed by atoms with Crippen LogP contribution in [-0.2, 0) is 15.0 Å². The molecule has 0 spiro atoms. The van der Waals surface area contributed by atoms with Gasteiger partial charge in [0, 0.05) is 10.7 Å². The highest BCUT2D eigenvalue weighted by molar-refractivity contribution is 8.00. The molecule has 3 atom stereocenters. The van der Waals surface area contributed by atoms with Gasteiger partial charge in [-0.2, -0.15) is 5.26 Å². The van der Waals surface area contributed by atoms with Crippen molar-refractivity contribution >= 4 is 40.9 Å². The monoisotopic (exact) mass is 456 g/mol. The van der Waals surface area contributed by atoms with Gasteiger partial charge in [0.15, 0.2) is 0 Å². The molecule has 1 heterocycles. The lowest BCUT2D eigenvalue weighted by Crippen LogP contribution is -2.56. The number of carbonyl (C=O) groups is 2. The fraction of sp³-hybridized carbons (Fsp3) is 0.348. The van der Waals surface area contributed by atoms with Crippen LogP contribution < -0.4 is 16.0 Å². The molecule has 0 bridgehead atoms. The summed E-state index contributed by atoms with van der Waals surface area (Å²) in [6, 6.07) is 16.4. The third-order valence-corrected chi connectivity index (χ3v) is 6.27. The van der Waals surface area contributed by atoms with Crippen LogP contribution in [-0.4, -0.2) is 23.1 Å². The molecule has 8 heteroatoms. The molecule has 6 nitrogen and oxygen atoms in total. The van der Waals surface area contributed by atoms with Crippen molar-refractivity contribution in [3.8, 4) is 6.07 Å². The number of nitrogens with one attached hydrogen (secondary N) is 3. The molecule has 0 saturated carbocycles. The van der Waals surface area contributed by atoms with Crippen LogP contribution in [0.3, 0.4) is 0 Å². The van der Waals surface area contributed by atoms with Gasteiger partial charge in [-0.05, 0) is 40.8 Å². The zero-order chi connectivity index (χ0) is 22.6. The van der Waals surface area contributed by atoms with E-state index in [1.165, 1.54) is 17.3 Å². The molecule has 31 heavy (non-hydrogen) atoms. The lowest BCUT2D eigenvalue weighted by molar-refractivity contribution is -0.126. The quantitative estimate of drug-likeness (QED) is 0.627. The van der Waals surface area contributed by atoms with Gasteiger partial charge in [-0.1, -0.05) is 56.6 Å². The molecule has 0 aromatic heterocycles. The molecule has 1 saturated heterocycles. The molecule has 0 aliphatic carbocycles. The third-order valence-electron chi connectivity index (χ3n) is 5.00. The summed E-state index contributed by atoms with van der Waals surface area (Å²) in [4.78, 5) is 24.8. The second kappa shape index (κ2) is 9.73. The highest BCUT2D eigenvalue weighted by atomic mass is 35.5. The summed E-state index contributed by atoms with van der Waals surface area (Å²) in [5.41, 5.74) is 2.22. The van der Waals surface area contributed by atoms with Crippen LogP contribution in [0.5, 0.6) is 0 Å². The van der Waals surface area contributed by atoms with E-state index in [4.69, 9.17) is 11.6 Å². The summed E-state index contributed by atoms with van der Waals surface area (Å²) in [6.45, 7) is 6.40. The summed E-state index contributed by atoms with van der Waals surface area (Å²) in [5.74, 6) is -1.26. The molecule has 2 aromatic rings. The van der Waals surface area contributed by atoms with E-state index in [9.17, 15) is 14.9 Å². The summed E-state index contributed by atoms with van der Waals surface area (Å²) in [5, 5.41) is 19.0. The van der Waals surface area contributed by atoms with Gasteiger partial charge in [0.25, 0.3) is 0 Å². The Morgan fingerprint density at radius 2 is 1.81 bits per heavy atom. The highest BCUT2D eigenvalue weighted by Gasteiger charge is 2.37. The maximum atomic E-state index is 12.5. The minimum atomic E-state index is -0.847. The molecule has 162 valence electrons. The van der Waals surface area contributed by atoms with E-state index in [1.807, 2.05) is 24.3 Å².